The molecule has 0 N–H and O–H groups in total. The molecule has 4 rings (SSSR count). The molecule has 0 fully saturated rings. The predicted octanol–water partition coefficient (Wildman–Crippen LogP) is 5.23. The van der Waals surface area contributed by atoms with Gasteiger partial charge in [-0.05, 0) is 0 Å². The highest BCUT2D eigenvalue weighted by Gasteiger charge is 2.29. The minimum Gasteiger partial charge on any atom is -0.125 e. The van der Waals surface area contributed by atoms with Crippen LogP contribution in [0.4, 0.5) is 0 Å². The maximum absolute atomic E-state index is 2.19. The van der Waals surface area contributed by atoms with Crippen LogP contribution in [0.3, 0.4) is 0 Å². The van der Waals surface area contributed by atoms with Gasteiger partial charge < -0.3 is 0 Å². The number of allylic oxidation sites excluding steroid dienone is 2. The van der Waals surface area contributed by atoms with Crippen LogP contribution in [0, 0.1) is 5.92 Å². The summed E-state index contributed by atoms with van der Waals surface area (Å²) in [5, 5.41) is 0. The van der Waals surface area contributed by atoms with Crippen molar-refractivity contribution in [1.29, 1.82) is 0 Å². The van der Waals surface area contributed by atoms with Crippen molar-refractivity contribution in [3.8, 4) is 0 Å². The van der Waals surface area contributed by atoms with E-state index in [2.05, 4.69) is 91.0 Å². The first-order valence-corrected chi connectivity index (χ1v) is 7.23. The Balaban J connectivity index is 1.81. The van der Waals surface area contributed by atoms with Crippen LogP contribution in [0.15, 0.2) is 91.0 Å². The van der Waals surface area contributed by atoms with E-state index in [9.17, 15) is 0 Å². The molecule has 1 aliphatic carbocycles. The van der Waals surface area contributed by atoms with E-state index in [1.54, 1.807) is 0 Å². The van der Waals surface area contributed by atoms with Crippen LogP contribution in [0.1, 0.15) is 16.7 Å². The van der Waals surface area contributed by atoms with Crippen LogP contribution in [0.5, 0.6) is 0 Å². The summed E-state index contributed by atoms with van der Waals surface area (Å²) in [6.45, 7) is 0. The Labute approximate surface area is 125 Å². The lowest BCUT2D eigenvalue weighted by atomic mass is 10.0. The Morgan fingerprint density at radius 2 is 0.810 bits per heavy atom. The highest BCUT2D eigenvalue weighted by molar-refractivity contribution is 6.25. The molecule has 1 aliphatic rings. The van der Waals surface area contributed by atoms with E-state index in [-0.39, 0.29) is 0 Å². The SMILES string of the molecule is c1ccc(C2=C(c3ccccc3)[C-]2c2ccccc2)cc1. The van der Waals surface area contributed by atoms with Crippen LogP contribution in [0.2, 0.25) is 0 Å². The zero-order valence-electron chi connectivity index (χ0n) is 11.7. The maximum Gasteiger partial charge on any atom is -0.0632 e. The smallest absolute Gasteiger partial charge is 0.0632 e. The van der Waals surface area contributed by atoms with Crippen molar-refractivity contribution in [2.45, 2.75) is 0 Å². The fourth-order valence-electron chi connectivity index (χ4n) is 2.87. The van der Waals surface area contributed by atoms with Gasteiger partial charge in [-0.1, -0.05) is 95.6 Å². The third-order valence-corrected chi connectivity index (χ3v) is 3.87. The predicted molar refractivity (Wildman–Crippen MR) is 88.5 cm³/mol. The second kappa shape index (κ2) is 4.99. The quantitative estimate of drug-likeness (QED) is 0.570. The molecular formula is C21H15-. The first kappa shape index (κ1) is 12.0. The summed E-state index contributed by atoms with van der Waals surface area (Å²) in [6, 6.07) is 31.9. The molecule has 0 nitrogen and oxygen atoms in total. The lowest BCUT2D eigenvalue weighted by Gasteiger charge is -2.10. The Hall–Kier alpha value is -2.73. The maximum atomic E-state index is 2.19. The Morgan fingerprint density at radius 1 is 0.429 bits per heavy atom. The van der Waals surface area contributed by atoms with E-state index in [0.29, 0.717) is 0 Å². The fraction of sp³-hybridized carbons (Fsp3) is 0. The van der Waals surface area contributed by atoms with Gasteiger partial charge in [-0.2, -0.15) is 0 Å². The Morgan fingerprint density at radius 3 is 1.24 bits per heavy atom. The van der Waals surface area contributed by atoms with Gasteiger partial charge in [0.15, 0.2) is 0 Å². The van der Waals surface area contributed by atoms with Gasteiger partial charge in [-0.3, -0.25) is 0 Å². The molecule has 0 radical (unpaired) electrons. The van der Waals surface area contributed by atoms with Crippen molar-refractivity contribution in [2.24, 2.45) is 0 Å². The van der Waals surface area contributed by atoms with Crippen molar-refractivity contribution < 1.29 is 0 Å². The molecule has 100 valence electrons. The standard InChI is InChI=1S/C21H15/c1-4-10-16(11-5-1)19-20(17-12-6-2-7-13-17)21(19)18-14-8-3-9-15-18/h1-15H/q-1. The molecule has 0 aromatic heterocycles. The van der Waals surface area contributed by atoms with Crippen molar-refractivity contribution in [2.75, 3.05) is 0 Å². The third kappa shape index (κ3) is 2.15. The van der Waals surface area contributed by atoms with Gasteiger partial charge in [0.25, 0.3) is 0 Å². The van der Waals surface area contributed by atoms with Crippen molar-refractivity contribution in [3.63, 3.8) is 0 Å². The van der Waals surface area contributed by atoms with E-state index in [1.807, 2.05) is 0 Å². The third-order valence-electron chi connectivity index (χ3n) is 3.87. The lowest BCUT2D eigenvalue weighted by molar-refractivity contribution is 1.47. The molecule has 0 saturated heterocycles. The van der Waals surface area contributed by atoms with Crippen molar-refractivity contribution in [3.05, 3.63) is 114 Å². The second-order valence-corrected chi connectivity index (χ2v) is 5.22. The van der Waals surface area contributed by atoms with Gasteiger partial charge in [0.1, 0.15) is 0 Å². The zero-order chi connectivity index (χ0) is 14.1. The topological polar surface area (TPSA) is 0 Å². The van der Waals surface area contributed by atoms with Gasteiger partial charge in [0, 0.05) is 0 Å². The first-order valence-electron chi connectivity index (χ1n) is 7.23. The largest absolute Gasteiger partial charge is 0.125 e. The molecule has 3 aromatic carbocycles. The fourth-order valence-corrected chi connectivity index (χ4v) is 2.87. The van der Waals surface area contributed by atoms with E-state index in [0.717, 1.165) is 0 Å². The summed E-state index contributed by atoms with van der Waals surface area (Å²) in [4.78, 5) is 0. The van der Waals surface area contributed by atoms with Crippen LogP contribution in [0.25, 0.3) is 11.1 Å². The summed E-state index contributed by atoms with van der Waals surface area (Å²) in [6.07, 6.45) is 0. The summed E-state index contributed by atoms with van der Waals surface area (Å²) >= 11 is 0. The minimum atomic E-state index is 1.30. The lowest BCUT2D eigenvalue weighted by Crippen LogP contribution is -1.85. The van der Waals surface area contributed by atoms with Crippen LogP contribution in [-0.2, 0) is 0 Å². The van der Waals surface area contributed by atoms with E-state index < -0.39 is 0 Å². The summed E-state index contributed by atoms with van der Waals surface area (Å²) in [5.41, 5.74) is 6.67. The molecule has 0 bridgehead atoms. The van der Waals surface area contributed by atoms with Crippen molar-refractivity contribution >= 4 is 11.1 Å². The number of hydrogen-bond acceptors (Lipinski definition) is 0. The second-order valence-electron chi connectivity index (χ2n) is 5.22. The number of rotatable bonds is 3. The molecule has 0 atom stereocenters. The van der Waals surface area contributed by atoms with Crippen molar-refractivity contribution in [1.82, 2.24) is 0 Å². The molecule has 0 unspecified atom stereocenters. The molecule has 0 spiro atoms. The average Bonchev–Trinajstić information content (AvgIpc) is 3.33. The van der Waals surface area contributed by atoms with Gasteiger partial charge in [0.05, 0.1) is 0 Å². The monoisotopic (exact) mass is 267 g/mol. The molecule has 0 heterocycles. The van der Waals surface area contributed by atoms with Gasteiger partial charge >= 0.3 is 0 Å². The highest BCUT2D eigenvalue weighted by atomic mass is 14.4. The van der Waals surface area contributed by atoms with Gasteiger partial charge in [-0.15, -0.1) is 29.2 Å². The van der Waals surface area contributed by atoms with Gasteiger partial charge in [-0.25, -0.2) is 0 Å². The summed E-state index contributed by atoms with van der Waals surface area (Å²) in [5.74, 6) is 1.38. The average molecular weight is 267 g/mol. The molecule has 21 heavy (non-hydrogen) atoms. The van der Waals surface area contributed by atoms with E-state index >= 15 is 0 Å². The normalized spacial score (nSPS) is 13.4. The number of benzene rings is 3. The molecule has 0 aliphatic heterocycles. The minimum absolute atomic E-state index is 1.30. The number of hydrogen-bond donors (Lipinski definition) is 0. The Bertz CT molecular complexity index is 719. The van der Waals surface area contributed by atoms with E-state index in [1.165, 1.54) is 33.8 Å². The van der Waals surface area contributed by atoms with Crippen LogP contribution >= 0.6 is 0 Å². The Kier molecular flexibility index (Phi) is 2.86. The van der Waals surface area contributed by atoms with Gasteiger partial charge in [0.2, 0.25) is 0 Å². The zero-order valence-corrected chi connectivity index (χ0v) is 11.7. The molecule has 0 heteroatoms. The first-order chi connectivity index (χ1) is 10.4. The highest BCUT2D eigenvalue weighted by Crippen LogP contribution is 2.58. The van der Waals surface area contributed by atoms with E-state index in [4.69, 9.17) is 0 Å². The summed E-state index contributed by atoms with van der Waals surface area (Å²) < 4.78 is 0. The molecule has 0 amide bonds. The molecular weight excluding hydrogens is 252 g/mol. The van der Waals surface area contributed by atoms with Crippen LogP contribution < -0.4 is 0 Å². The van der Waals surface area contributed by atoms with Crippen LogP contribution in [-0.4, -0.2) is 0 Å². The summed E-state index contributed by atoms with van der Waals surface area (Å²) in [7, 11) is 0. The molecule has 0 saturated carbocycles. The molecule has 3 aromatic rings.